The van der Waals surface area contributed by atoms with Crippen LogP contribution in [0.1, 0.15) is 0 Å². The monoisotopic (exact) mass is 484 g/mol. The first-order valence-electron chi connectivity index (χ1n) is 12.4. The highest BCUT2D eigenvalue weighted by Gasteiger charge is 2.26. The van der Waals surface area contributed by atoms with Gasteiger partial charge in [0.1, 0.15) is 5.75 Å². The lowest BCUT2D eigenvalue weighted by molar-refractivity contribution is 0.279. The van der Waals surface area contributed by atoms with Gasteiger partial charge in [-0.15, -0.1) is 0 Å². The van der Waals surface area contributed by atoms with Gasteiger partial charge in [-0.05, 0) is 58.7 Å². The molecule has 0 amide bonds. The highest BCUT2D eigenvalue weighted by molar-refractivity contribution is 5.76. The van der Waals surface area contributed by atoms with Crippen LogP contribution >= 0.6 is 0 Å². The van der Waals surface area contributed by atoms with Crippen LogP contribution in [0.25, 0.3) is 22.3 Å². The van der Waals surface area contributed by atoms with Crippen molar-refractivity contribution in [3.05, 3.63) is 133 Å². The van der Waals surface area contributed by atoms with Crippen LogP contribution in [0.2, 0.25) is 0 Å². The van der Waals surface area contributed by atoms with Gasteiger partial charge in [-0.25, -0.2) is 0 Å². The van der Waals surface area contributed by atoms with E-state index in [4.69, 9.17) is 9.47 Å². The standard InChI is InChI=1S/C33H28N2O2/c1-34-28-22-26(24-12-6-3-7-13-24)18-20-30(28)36-32(34)16-10-5-11-17-33-35(2)29-23-27(19-21-31(29)37-33)25-14-8-4-9-15-25/h3-23,32H,1-2H3/b11-5+,16-10+,33-17-. The maximum atomic E-state index is 6.15. The first-order valence-corrected chi connectivity index (χ1v) is 12.4. The van der Waals surface area contributed by atoms with Gasteiger partial charge in [0.05, 0.1) is 11.4 Å². The van der Waals surface area contributed by atoms with Crippen molar-refractivity contribution in [2.24, 2.45) is 0 Å². The number of rotatable bonds is 5. The quantitative estimate of drug-likeness (QED) is 0.272. The Hall–Kier alpha value is -4.70. The molecule has 4 aromatic carbocycles. The third kappa shape index (κ3) is 4.50. The predicted molar refractivity (Wildman–Crippen MR) is 152 cm³/mol. The summed E-state index contributed by atoms with van der Waals surface area (Å²) < 4.78 is 12.2. The van der Waals surface area contributed by atoms with Gasteiger partial charge >= 0.3 is 0 Å². The zero-order chi connectivity index (χ0) is 25.2. The number of benzene rings is 4. The normalized spacial score (nSPS) is 17.4. The maximum absolute atomic E-state index is 6.15. The summed E-state index contributed by atoms with van der Waals surface area (Å²) in [4.78, 5) is 4.23. The second-order valence-corrected chi connectivity index (χ2v) is 9.15. The molecule has 4 nitrogen and oxygen atoms in total. The molecule has 0 aromatic heterocycles. The Balaban J connectivity index is 1.11. The molecule has 0 spiro atoms. The number of hydrogen-bond donors (Lipinski definition) is 0. The Morgan fingerprint density at radius 1 is 0.622 bits per heavy atom. The average molecular weight is 485 g/mol. The van der Waals surface area contributed by atoms with Crippen molar-refractivity contribution in [1.82, 2.24) is 0 Å². The molecule has 6 rings (SSSR count). The van der Waals surface area contributed by atoms with E-state index in [1.54, 1.807) is 0 Å². The van der Waals surface area contributed by atoms with E-state index in [1.165, 1.54) is 22.3 Å². The van der Waals surface area contributed by atoms with Gasteiger partial charge in [0, 0.05) is 14.1 Å². The lowest BCUT2D eigenvalue weighted by Crippen LogP contribution is -2.28. The van der Waals surface area contributed by atoms with Gasteiger partial charge in [0.2, 0.25) is 0 Å². The van der Waals surface area contributed by atoms with Gasteiger partial charge < -0.3 is 19.3 Å². The van der Waals surface area contributed by atoms with E-state index in [-0.39, 0.29) is 6.23 Å². The van der Waals surface area contributed by atoms with E-state index < -0.39 is 0 Å². The molecule has 182 valence electrons. The van der Waals surface area contributed by atoms with Crippen LogP contribution in [0.5, 0.6) is 11.5 Å². The fraction of sp³-hybridized carbons (Fsp3) is 0.0909. The molecule has 1 atom stereocenters. The molecule has 0 radical (unpaired) electrons. The zero-order valence-electron chi connectivity index (χ0n) is 20.9. The molecular formula is C33H28N2O2. The van der Waals surface area contributed by atoms with Crippen LogP contribution in [0.15, 0.2) is 133 Å². The van der Waals surface area contributed by atoms with Crippen LogP contribution in [-0.4, -0.2) is 20.3 Å². The van der Waals surface area contributed by atoms with Crippen LogP contribution in [-0.2, 0) is 0 Å². The summed E-state index contributed by atoms with van der Waals surface area (Å²) in [6.07, 6.45) is 9.88. The van der Waals surface area contributed by atoms with E-state index in [9.17, 15) is 0 Å². The number of fused-ring (bicyclic) bond motifs is 2. The van der Waals surface area contributed by atoms with Crippen molar-refractivity contribution in [1.29, 1.82) is 0 Å². The van der Waals surface area contributed by atoms with Gasteiger partial charge in [0.25, 0.3) is 0 Å². The van der Waals surface area contributed by atoms with E-state index in [0.29, 0.717) is 0 Å². The van der Waals surface area contributed by atoms with Crippen molar-refractivity contribution in [2.75, 3.05) is 23.9 Å². The van der Waals surface area contributed by atoms with Crippen molar-refractivity contribution in [3.63, 3.8) is 0 Å². The Labute approximate surface area is 218 Å². The SMILES string of the molecule is CN1/C(=C/C=C/C=C/C2Oc3ccc(-c4ccccc4)cc3N2C)Oc2ccc(-c3ccccc3)cc21. The summed E-state index contributed by atoms with van der Waals surface area (Å²) in [5, 5.41) is 0. The third-order valence-corrected chi connectivity index (χ3v) is 6.78. The van der Waals surface area contributed by atoms with Crippen LogP contribution < -0.4 is 19.3 Å². The number of likely N-dealkylation sites (N-methyl/N-ethyl adjacent to an activating group) is 1. The molecule has 0 bridgehead atoms. The number of nitrogens with zero attached hydrogens (tertiary/aromatic N) is 2. The topological polar surface area (TPSA) is 24.9 Å². The Kier molecular flexibility index (Phi) is 5.99. The second kappa shape index (κ2) is 9.75. The smallest absolute Gasteiger partial charge is 0.200 e. The van der Waals surface area contributed by atoms with E-state index in [1.807, 2.05) is 49.6 Å². The van der Waals surface area contributed by atoms with Crippen LogP contribution in [0.4, 0.5) is 11.4 Å². The molecule has 2 aliphatic heterocycles. The molecule has 2 aliphatic rings. The minimum Gasteiger partial charge on any atom is -0.465 e. The molecule has 4 aromatic rings. The van der Waals surface area contributed by atoms with Crippen molar-refractivity contribution in [2.45, 2.75) is 6.23 Å². The van der Waals surface area contributed by atoms with E-state index >= 15 is 0 Å². The second-order valence-electron chi connectivity index (χ2n) is 9.15. The number of allylic oxidation sites excluding steroid dienone is 4. The molecule has 37 heavy (non-hydrogen) atoms. The summed E-state index contributed by atoms with van der Waals surface area (Å²) in [5.41, 5.74) is 6.90. The lowest BCUT2D eigenvalue weighted by atomic mass is 10.0. The Morgan fingerprint density at radius 3 is 1.92 bits per heavy atom. The van der Waals surface area contributed by atoms with Crippen LogP contribution in [0.3, 0.4) is 0 Å². The van der Waals surface area contributed by atoms with Crippen molar-refractivity contribution < 1.29 is 9.47 Å². The number of hydrogen-bond acceptors (Lipinski definition) is 4. The molecule has 1 unspecified atom stereocenters. The van der Waals surface area contributed by atoms with Gasteiger partial charge in [0.15, 0.2) is 17.9 Å². The average Bonchev–Trinajstić information content (AvgIpc) is 3.44. The minimum atomic E-state index is -0.149. The van der Waals surface area contributed by atoms with E-state index in [2.05, 4.69) is 102 Å². The Morgan fingerprint density at radius 2 is 1.24 bits per heavy atom. The molecular weight excluding hydrogens is 456 g/mol. The highest BCUT2D eigenvalue weighted by atomic mass is 16.5. The van der Waals surface area contributed by atoms with Gasteiger partial charge in [-0.2, -0.15) is 0 Å². The molecule has 2 heterocycles. The predicted octanol–water partition coefficient (Wildman–Crippen LogP) is 7.66. The minimum absolute atomic E-state index is 0.149. The molecule has 0 N–H and O–H groups in total. The van der Waals surface area contributed by atoms with Gasteiger partial charge in [-0.3, -0.25) is 0 Å². The fourth-order valence-corrected chi connectivity index (χ4v) is 4.70. The lowest BCUT2D eigenvalue weighted by Gasteiger charge is -2.17. The molecule has 0 saturated carbocycles. The Bertz CT molecular complexity index is 1510. The molecule has 4 heteroatoms. The zero-order valence-corrected chi connectivity index (χ0v) is 20.9. The van der Waals surface area contributed by atoms with E-state index in [0.717, 1.165) is 28.8 Å². The van der Waals surface area contributed by atoms with Gasteiger partial charge in [-0.1, -0.05) is 91.0 Å². The first kappa shape index (κ1) is 22.7. The van der Waals surface area contributed by atoms with Crippen molar-refractivity contribution in [3.8, 4) is 33.8 Å². The molecule has 0 fully saturated rings. The first-order chi connectivity index (χ1) is 18.2. The molecule has 0 aliphatic carbocycles. The largest absolute Gasteiger partial charge is 0.465 e. The van der Waals surface area contributed by atoms with Crippen molar-refractivity contribution >= 4 is 11.4 Å². The maximum Gasteiger partial charge on any atom is 0.200 e. The van der Waals surface area contributed by atoms with Crippen LogP contribution in [0, 0.1) is 0 Å². The summed E-state index contributed by atoms with van der Waals surface area (Å²) >= 11 is 0. The molecule has 0 saturated heterocycles. The summed E-state index contributed by atoms with van der Waals surface area (Å²) in [6.45, 7) is 0. The highest BCUT2D eigenvalue weighted by Crippen LogP contribution is 2.41. The summed E-state index contributed by atoms with van der Waals surface area (Å²) in [7, 11) is 4.09. The fourth-order valence-electron chi connectivity index (χ4n) is 4.70. The number of ether oxygens (including phenoxy) is 2. The third-order valence-electron chi connectivity index (χ3n) is 6.78. The summed E-state index contributed by atoms with van der Waals surface area (Å²) in [5.74, 6) is 2.56. The number of anilines is 2. The summed E-state index contributed by atoms with van der Waals surface area (Å²) in [6, 6.07) is 33.4.